The van der Waals surface area contributed by atoms with Gasteiger partial charge in [-0.2, -0.15) is 0 Å². The second-order valence-corrected chi connectivity index (χ2v) is 4.06. The van der Waals surface area contributed by atoms with Crippen molar-refractivity contribution in [3.05, 3.63) is 41.5 Å². The van der Waals surface area contributed by atoms with Crippen LogP contribution in [0.5, 0.6) is 0 Å². The Bertz CT molecular complexity index is 469. The van der Waals surface area contributed by atoms with E-state index in [1.807, 2.05) is 24.3 Å². The molecule has 0 heterocycles. The standard InChI is InChI=1S/C13H16N2O3/c1-15(9-12(14)16)8-11-4-2-3-10(7-11)5-6-13(17)18/h2-7H,8-9H2,1H3,(H2,14,16)(H,17,18)/b6-5+. The maximum absolute atomic E-state index is 10.7. The molecule has 0 aromatic heterocycles. The van der Waals surface area contributed by atoms with Crippen molar-refractivity contribution in [3.63, 3.8) is 0 Å². The van der Waals surface area contributed by atoms with Crippen molar-refractivity contribution in [2.45, 2.75) is 6.54 Å². The van der Waals surface area contributed by atoms with E-state index in [1.165, 1.54) is 6.08 Å². The van der Waals surface area contributed by atoms with Crippen LogP contribution in [0.1, 0.15) is 11.1 Å². The number of carboxylic acids is 1. The highest BCUT2D eigenvalue weighted by atomic mass is 16.4. The third-order valence-electron chi connectivity index (χ3n) is 2.25. The van der Waals surface area contributed by atoms with Crippen LogP contribution in [-0.4, -0.2) is 35.5 Å². The number of likely N-dealkylation sites (N-methyl/N-ethyl adjacent to an activating group) is 1. The first-order chi connectivity index (χ1) is 8.47. The normalized spacial score (nSPS) is 11.0. The van der Waals surface area contributed by atoms with Crippen LogP contribution in [0.15, 0.2) is 30.3 Å². The molecule has 0 saturated heterocycles. The number of aliphatic carboxylic acids is 1. The Kier molecular flexibility index (Phi) is 5.07. The Labute approximate surface area is 106 Å². The van der Waals surface area contributed by atoms with Crippen LogP contribution in [0, 0.1) is 0 Å². The van der Waals surface area contributed by atoms with Gasteiger partial charge in [0, 0.05) is 12.6 Å². The average molecular weight is 248 g/mol. The summed E-state index contributed by atoms with van der Waals surface area (Å²) in [6.45, 7) is 0.771. The van der Waals surface area contributed by atoms with Gasteiger partial charge in [0.1, 0.15) is 0 Å². The smallest absolute Gasteiger partial charge is 0.328 e. The summed E-state index contributed by atoms with van der Waals surface area (Å²) < 4.78 is 0. The van der Waals surface area contributed by atoms with E-state index in [1.54, 1.807) is 11.9 Å². The van der Waals surface area contributed by atoms with E-state index in [4.69, 9.17) is 10.8 Å². The fourth-order valence-electron chi connectivity index (χ4n) is 1.60. The lowest BCUT2D eigenvalue weighted by Gasteiger charge is -2.14. The molecule has 0 spiro atoms. The van der Waals surface area contributed by atoms with Crippen molar-refractivity contribution >= 4 is 18.0 Å². The monoisotopic (exact) mass is 248 g/mol. The molecule has 1 rings (SSSR count). The number of primary amides is 1. The Hall–Kier alpha value is -2.14. The molecule has 0 unspecified atom stereocenters. The third kappa shape index (κ3) is 5.27. The van der Waals surface area contributed by atoms with Crippen LogP contribution in [-0.2, 0) is 16.1 Å². The Morgan fingerprint density at radius 1 is 1.44 bits per heavy atom. The molecule has 1 aromatic carbocycles. The first kappa shape index (κ1) is 13.9. The summed E-state index contributed by atoms with van der Waals surface area (Å²) in [7, 11) is 1.80. The number of hydrogen-bond donors (Lipinski definition) is 2. The van der Waals surface area contributed by atoms with Gasteiger partial charge in [-0.05, 0) is 24.3 Å². The van der Waals surface area contributed by atoms with Crippen molar-refractivity contribution in [1.82, 2.24) is 4.90 Å². The second-order valence-electron chi connectivity index (χ2n) is 4.06. The minimum Gasteiger partial charge on any atom is -0.478 e. The number of carbonyl (C=O) groups excluding carboxylic acids is 1. The first-order valence-corrected chi connectivity index (χ1v) is 5.44. The highest BCUT2D eigenvalue weighted by molar-refractivity contribution is 5.85. The van der Waals surface area contributed by atoms with Crippen LogP contribution in [0.4, 0.5) is 0 Å². The number of amides is 1. The molecule has 5 heteroatoms. The Balaban J connectivity index is 2.70. The lowest BCUT2D eigenvalue weighted by molar-refractivity contribution is -0.131. The fourth-order valence-corrected chi connectivity index (χ4v) is 1.60. The number of nitrogens with zero attached hydrogens (tertiary/aromatic N) is 1. The number of nitrogens with two attached hydrogens (primary N) is 1. The quantitative estimate of drug-likeness (QED) is 0.726. The van der Waals surface area contributed by atoms with E-state index >= 15 is 0 Å². The number of hydrogen-bond acceptors (Lipinski definition) is 3. The SMILES string of the molecule is CN(CC(N)=O)Cc1cccc(/C=C/C(=O)O)c1. The van der Waals surface area contributed by atoms with Crippen molar-refractivity contribution in [2.75, 3.05) is 13.6 Å². The molecule has 1 aromatic rings. The molecule has 0 aliphatic carbocycles. The number of rotatable bonds is 6. The zero-order chi connectivity index (χ0) is 13.5. The zero-order valence-corrected chi connectivity index (χ0v) is 10.2. The van der Waals surface area contributed by atoms with Gasteiger partial charge in [0.15, 0.2) is 0 Å². The van der Waals surface area contributed by atoms with E-state index in [0.29, 0.717) is 6.54 Å². The minimum absolute atomic E-state index is 0.190. The first-order valence-electron chi connectivity index (χ1n) is 5.44. The predicted octanol–water partition coefficient (Wildman–Crippen LogP) is 0.701. The zero-order valence-electron chi connectivity index (χ0n) is 10.2. The second kappa shape index (κ2) is 6.56. The van der Waals surface area contributed by atoms with Gasteiger partial charge >= 0.3 is 5.97 Å². The predicted molar refractivity (Wildman–Crippen MR) is 68.6 cm³/mol. The Morgan fingerprint density at radius 3 is 2.78 bits per heavy atom. The third-order valence-corrected chi connectivity index (χ3v) is 2.25. The molecule has 96 valence electrons. The van der Waals surface area contributed by atoms with Gasteiger partial charge in [0.2, 0.25) is 5.91 Å². The van der Waals surface area contributed by atoms with E-state index in [9.17, 15) is 9.59 Å². The van der Waals surface area contributed by atoms with Gasteiger partial charge in [-0.25, -0.2) is 4.79 Å². The molecule has 0 bridgehead atoms. The summed E-state index contributed by atoms with van der Waals surface area (Å²) in [5.41, 5.74) is 6.90. The summed E-state index contributed by atoms with van der Waals surface area (Å²) >= 11 is 0. The van der Waals surface area contributed by atoms with Crippen LogP contribution < -0.4 is 5.73 Å². The summed E-state index contributed by atoms with van der Waals surface area (Å²) in [6, 6.07) is 7.44. The molecule has 5 nitrogen and oxygen atoms in total. The fraction of sp³-hybridized carbons (Fsp3) is 0.231. The van der Waals surface area contributed by atoms with E-state index in [0.717, 1.165) is 17.2 Å². The summed E-state index contributed by atoms with van der Waals surface area (Å²) in [6.07, 6.45) is 2.62. The summed E-state index contributed by atoms with van der Waals surface area (Å²) in [5.74, 6) is -1.36. The summed E-state index contributed by atoms with van der Waals surface area (Å²) in [4.78, 5) is 23.0. The van der Waals surface area contributed by atoms with Gasteiger partial charge in [0.25, 0.3) is 0 Å². The molecule has 3 N–H and O–H groups in total. The van der Waals surface area contributed by atoms with E-state index < -0.39 is 5.97 Å². The van der Waals surface area contributed by atoms with Gasteiger partial charge in [0.05, 0.1) is 6.54 Å². The number of carboxylic acid groups (broad SMARTS) is 1. The van der Waals surface area contributed by atoms with Crippen molar-refractivity contribution in [3.8, 4) is 0 Å². The van der Waals surface area contributed by atoms with Crippen LogP contribution >= 0.6 is 0 Å². The Morgan fingerprint density at radius 2 is 2.17 bits per heavy atom. The summed E-state index contributed by atoms with van der Waals surface area (Å²) in [5, 5.41) is 8.54. The lowest BCUT2D eigenvalue weighted by atomic mass is 10.1. The highest BCUT2D eigenvalue weighted by Crippen LogP contribution is 2.09. The van der Waals surface area contributed by atoms with Crippen LogP contribution in [0.25, 0.3) is 6.08 Å². The molecular weight excluding hydrogens is 232 g/mol. The van der Waals surface area contributed by atoms with Crippen molar-refractivity contribution in [1.29, 1.82) is 0 Å². The number of benzene rings is 1. The van der Waals surface area contributed by atoms with Gasteiger partial charge in [-0.1, -0.05) is 24.3 Å². The molecule has 0 fully saturated rings. The molecule has 18 heavy (non-hydrogen) atoms. The molecule has 0 aliphatic heterocycles. The largest absolute Gasteiger partial charge is 0.478 e. The van der Waals surface area contributed by atoms with Crippen LogP contribution in [0.2, 0.25) is 0 Å². The van der Waals surface area contributed by atoms with Gasteiger partial charge in [-0.15, -0.1) is 0 Å². The molecule has 0 saturated carbocycles. The number of carbonyl (C=O) groups is 2. The maximum Gasteiger partial charge on any atom is 0.328 e. The highest BCUT2D eigenvalue weighted by Gasteiger charge is 2.03. The van der Waals surface area contributed by atoms with Gasteiger partial charge < -0.3 is 10.8 Å². The van der Waals surface area contributed by atoms with E-state index in [-0.39, 0.29) is 12.5 Å². The topological polar surface area (TPSA) is 83.6 Å². The minimum atomic E-state index is -0.980. The molecule has 1 amide bonds. The van der Waals surface area contributed by atoms with Crippen molar-refractivity contribution < 1.29 is 14.7 Å². The van der Waals surface area contributed by atoms with Crippen molar-refractivity contribution in [2.24, 2.45) is 5.73 Å². The molecule has 0 atom stereocenters. The van der Waals surface area contributed by atoms with Crippen LogP contribution in [0.3, 0.4) is 0 Å². The molecular formula is C13H16N2O3. The average Bonchev–Trinajstić information content (AvgIpc) is 2.25. The molecule has 0 radical (unpaired) electrons. The van der Waals surface area contributed by atoms with Gasteiger partial charge in [-0.3, -0.25) is 9.69 Å². The lowest BCUT2D eigenvalue weighted by Crippen LogP contribution is -2.30. The molecule has 0 aliphatic rings. The van der Waals surface area contributed by atoms with E-state index in [2.05, 4.69) is 0 Å². The maximum atomic E-state index is 10.7.